The number of thioether (sulfide) groups is 1. The third-order valence-electron chi connectivity index (χ3n) is 3.45. The summed E-state index contributed by atoms with van der Waals surface area (Å²) in [6, 6.07) is 9.74. The first-order chi connectivity index (χ1) is 12.5. The van der Waals surface area contributed by atoms with Gasteiger partial charge in [-0.15, -0.1) is 21.5 Å². The zero-order chi connectivity index (χ0) is 18.7. The summed E-state index contributed by atoms with van der Waals surface area (Å²) in [7, 11) is 0. The number of nitriles is 1. The number of nitrogens with one attached hydrogen (secondary N) is 1. The molecule has 26 heavy (non-hydrogen) atoms. The topological polar surface area (TPSA) is 110 Å². The van der Waals surface area contributed by atoms with Gasteiger partial charge in [-0.25, -0.2) is 9.07 Å². The van der Waals surface area contributed by atoms with Crippen molar-refractivity contribution >= 4 is 34.0 Å². The van der Waals surface area contributed by atoms with Crippen LogP contribution in [0.1, 0.15) is 12.5 Å². The van der Waals surface area contributed by atoms with E-state index in [0.717, 1.165) is 16.4 Å². The zero-order valence-electron chi connectivity index (χ0n) is 13.5. The highest BCUT2D eigenvalue weighted by Gasteiger charge is 2.22. The van der Waals surface area contributed by atoms with Gasteiger partial charge in [0.25, 0.3) is 0 Å². The molecule has 0 aliphatic heterocycles. The van der Waals surface area contributed by atoms with Crippen molar-refractivity contribution in [3.05, 3.63) is 47.1 Å². The lowest BCUT2D eigenvalue weighted by Crippen LogP contribution is -2.23. The summed E-state index contributed by atoms with van der Waals surface area (Å²) < 4.78 is 15.1. The van der Waals surface area contributed by atoms with Crippen LogP contribution in [0.5, 0.6) is 0 Å². The Morgan fingerprint density at radius 3 is 2.92 bits per heavy atom. The SMILES string of the molecule is C[C@@H](Sc1nnc(-c2ccccc2F)n1N)C(=O)Nc1sccc1C#N. The maximum atomic E-state index is 13.9. The molecular formula is C16H13FN6OS2. The van der Waals surface area contributed by atoms with Crippen LogP contribution >= 0.6 is 23.1 Å². The summed E-state index contributed by atoms with van der Waals surface area (Å²) in [4.78, 5) is 12.3. The summed E-state index contributed by atoms with van der Waals surface area (Å²) in [6.45, 7) is 1.68. The maximum Gasteiger partial charge on any atom is 0.238 e. The number of hydrogen-bond acceptors (Lipinski definition) is 7. The first-order valence-corrected chi connectivity index (χ1v) is 9.17. The minimum atomic E-state index is -0.552. The number of nitrogen functional groups attached to an aromatic ring is 1. The standard InChI is InChI=1S/C16H13FN6OS2/c1-9(14(24)20-15-10(8-18)6-7-25-15)26-16-22-21-13(23(16)19)11-4-2-3-5-12(11)17/h2-7,9H,19H2,1H3,(H,20,24)/t9-/m1/s1. The molecule has 3 N–H and O–H groups in total. The highest BCUT2D eigenvalue weighted by molar-refractivity contribution is 8.00. The highest BCUT2D eigenvalue weighted by atomic mass is 32.2. The first kappa shape index (κ1) is 17.9. The van der Waals surface area contributed by atoms with E-state index in [-0.39, 0.29) is 22.5 Å². The Morgan fingerprint density at radius 2 is 2.19 bits per heavy atom. The van der Waals surface area contributed by atoms with Crippen molar-refractivity contribution in [3.63, 3.8) is 0 Å². The van der Waals surface area contributed by atoms with E-state index in [4.69, 9.17) is 11.1 Å². The number of carbonyl (C=O) groups is 1. The molecule has 10 heteroatoms. The fraction of sp³-hybridized carbons (Fsp3) is 0.125. The summed E-state index contributed by atoms with van der Waals surface area (Å²) in [5.41, 5.74) is 0.632. The van der Waals surface area contributed by atoms with E-state index in [1.807, 2.05) is 6.07 Å². The molecule has 7 nitrogen and oxygen atoms in total. The van der Waals surface area contributed by atoms with Gasteiger partial charge in [-0.2, -0.15) is 5.26 Å². The minimum Gasteiger partial charge on any atom is -0.335 e. The Hall–Kier alpha value is -2.90. The van der Waals surface area contributed by atoms with Crippen molar-refractivity contribution in [2.75, 3.05) is 11.2 Å². The van der Waals surface area contributed by atoms with Crippen LogP contribution in [-0.4, -0.2) is 26.0 Å². The fourth-order valence-corrected chi connectivity index (χ4v) is 3.61. The van der Waals surface area contributed by atoms with Crippen LogP contribution < -0.4 is 11.2 Å². The van der Waals surface area contributed by atoms with Gasteiger partial charge in [-0.3, -0.25) is 4.79 Å². The lowest BCUT2D eigenvalue weighted by molar-refractivity contribution is -0.115. The van der Waals surface area contributed by atoms with Gasteiger partial charge in [-0.1, -0.05) is 23.9 Å². The summed E-state index contributed by atoms with van der Waals surface area (Å²) in [6.07, 6.45) is 0. The normalized spacial score (nSPS) is 11.7. The lowest BCUT2D eigenvalue weighted by Gasteiger charge is -2.11. The molecule has 0 spiro atoms. The summed E-state index contributed by atoms with van der Waals surface area (Å²) in [5.74, 6) is 5.37. The van der Waals surface area contributed by atoms with Crippen molar-refractivity contribution in [1.82, 2.24) is 14.9 Å². The Labute approximate surface area is 156 Å². The summed E-state index contributed by atoms with van der Waals surface area (Å²) in [5, 5.41) is 21.5. The molecule has 1 atom stereocenters. The number of aromatic nitrogens is 3. The van der Waals surface area contributed by atoms with Crippen molar-refractivity contribution in [3.8, 4) is 17.5 Å². The average Bonchev–Trinajstić information content (AvgIpc) is 3.22. The second kappa shape index (κ2) is 7.55. The van der Waals surface area contributed by atoms with Gasteiger partial charge in [0.15, 0.2) is 5.82 Å². The van der Waals surface area contributed by atoms with Gasteiger partial charge in [0, 0.05) is 0 Å². The predicted molar refractivity (Wildman–Crippen MR) is 98.5 cm³/mol. The van der Waals surface area contributed by atoms with Crippen LogP contribution in [-0.2, 0) is 4.79 Å². The van der Waals surface area contributed by atoms with E-state index in [9.17, 15) is 9.18 Å². The summed E-state index contributed by atoms with van der Waals surface area (Å²) >= 11 is 2.36. The molecule has 0 saturated heterocycles. The molecule has 0 aliphatic rings. The number of carbonyl (C=O) groups excluding carboxylic acids is 1. The van der Waals surface area contributed by atoms with E-state index in [1.54, 1.807) is 36.6 Å². The zero-order valence-corrected chi connectivity index (χ0v) is 15.1. The molecule has 132 valence electrons. The van der Waals surface area contributed by atoms with Crippen LogP contribution in [0, 0.1) is 17.1 Å². The quantitative estimate of drug-likeness (QED) is 0.514. The molecule has 2 heterocycles. The Balaban J connectivity index is 1.74. The Bertz CT molecular complexity index is 993. The Kier molecular flexibility index (Phi) is 5.20. The molecule has 0 radical (unpaired) electrons. The second-order valence-corrected chi connectivity index (χ2v) is 7.40. The number of hydrogen-bond donors (Lipinski definition) is 2. The maximum absolute atomic E-state index is 13.9. The predicted octanol–water partition coefficient (Wildman–Crippen LogP) is 2.85. The minimum absolute atomic E-state index is 0.170. The van der Waals surface area contributed by atoms with Gasteiger partial charge in [0.2, 0.25) is 11.1 Å². The largest absolute Gasteiger partial charge is 0.335 e. The number of rotatable bonds is 5. The number of thiophene rings is 1. The van der Waals surface area contributed by atoms with Gasteiger partial charge >= 0.3 is 0 Å². The van der Waals surface area contributed by atoms with Gasteiger partial charge in [-0.05, 0) is 30.5 Å². The first-order valence-electron chi connectivity index (χ1n) is 7.41. The molecule has 0 saturated carbocycles. The van der Waals surface area contributed by atoms with E-state index in [2.05, 4.69) is 15.5 Å². The van der Waals surface area contributed by atoms with Crippen molar-refractivity contribution in [2.24, 2.45) is 0 Å². The number of amides is 1. The van der Waals surface area contributed by atoms with Crippen LogP contribution in [0.4, 0.5) is 9.39 Å². The number of anilines is 1. The molecule has 0 aliphatic carbocycles. The third kappa shape index (κ3) is 3.54. The average molecular weight is 388 g/mol. The fourth-order valence-electron chi connectivity index (χ4n) is 2.10. The van der Waals surface area contributed by atoms with Crippen LogP contribution in [0.2, 0.25) is 0 Å². The molecule has 1 aromatic carbocycles. The van der Waals surface area contributed by atoms with E-state index >= 15 is 0 Å². The number of nitrogens with zero attached hydrogens (tertiary/aromatic N) is 4. The number of halogens is 1. The molecule has 2 aromatic heterocycles. The molecule has 0 fully saturated rings. The van der Waals surface area contributed by atoms with Crippen molar-refractivity contribution in [1.29, 1.82) is 5.26 Å². The van der Waals surface area contributed by atoms with E-state index in [0.29, 0.717) is 10.6 Å². The van der Waals surface area contributed by atoms with Gasteiger partial charge in [0.1, 0.15) is 16.9 Å². The van der Waals surface area contributed by atoms with Gasteiger partial charge in [0.05, 0.1) is 16.4 Å². The molecule has 3 aromatic rings. The molecule has 0 bridgehead atoms. The smallest absolute Gasteiger partial charge is 0.238 e. The van der Waals surface area contributed by atoms with Crippen molar-refractivity contribution in [2.45, 2.75) is 17.3 Å². The monoisotopic (exact) mass is 388 g/mol. The van der Waals surface area contributed by atoms with Crippen LogP contribution in [0.3, 0.4) is 0 Å². The van der Waals surface area contributed by atoms with E-state index < -0.39 is 11.1 Å². The molecule has 3 rings (SSSR count). The van der Waals surface area contributed by atoms with Crippen LogP contribution in [0.25, 0.3) is 11.4 Å². The number of nitrogens with two attached hydrogens (primary N) is 1. The van der Waals surface area contributed by atoms with Crippen LogP contribution in [0.15, 0.2) is 40.9 Å². The van der Waals surface area contributed by atoms with Gasteiger partial charge < -0.3 is 11.2 Å². The molecule has 0 unspecified atom stereocenters. The lowest BCUT2D eigenvalue weighted by atomic mass is 10.2. The third-order valence-corrected chi connectivity index (χ3v) is 5.34. The second-order valence-electron chi connectivity index (χ2n) is 5.18. The molecule has 1 amide bonds. The van der Waals surface area contributed by atoms with E-state index in [1.165, 1.54) is 17.4 Å². The Morgan fingerprint density at radius 1 is 1.42 bits per heavy atom. The molecular weight excluding hydrogens is 375 g/mol. The number of benzene rings is 1. The van der Waals surface area contributed by atoms with Crippen molar-refractivity contribution < 1.29 is 9.18 Å². The highest BCUT2D eigenvalue weighted by Crippen LogP contribution is 2.28.